The summed E-state index contributed by atoms with van der Waals surface area (Å²) >= 11 is 0. The third-order valence-corrected chi connectivity index (χ3v) is 1.67. The molecule has 0 aromatic heterocycles. The molecular weight excluding hydrogens is 226 g/mol. The van der Waals surface area contributed by atoms with Crippen LogP contribution in [0.3, 0.4) is 0 Å². The number of rotatable bonds is 3. The molecule has 2 N–H and O–H groups in total. The van der Waals surface area contributed by atoms with E-state index >= 15 is 0 Å². The predicted molar refractivity (Wildman–Crippen MR) is 54.9 cm³/mol. The van der Waals surface area contributed by atoms with Gasteiger partial charge in [-0.15, -0.1) is 12.4 Å². The SMILES string of the molecule is Cl.NCc1ccc([N+](=O)[O-])c([N+](=O)[O-])c1. The number of hydrogen-bond donors (Lipinski definition) is 1. The topological polar surface area (TPSA) is 112 Å². The molecule has 1 aromatic carbocycles. The zero-order valence-electron chi connectivity index (χ0n) is 7.45. The second-order valence-corrected chi connectivity index (χ2v) is 2.54. The van der Waals surface area contributed by atoms with Crippen molar-refractivity contribution in [2.24, 2.45) is 5.73 Å². The summed E-state index contributed by atoms with van der Waals surface area (Å²) in [6.45, 7) is 0.110. The first-order valence-electron chi connectivity index (χ1n) is 3.68. The Bertz CT molecular complexity index is 396. The van der Waals surface area contributed by atoms with E-state index in [-0.39, 0.29) is 19.0 Å². The summed E-state index contributed by atoms with van der Waals surface area (Å²) in [5.41, 5.74) is 4.69. The fraction of sp³-hybridized carbons (Fsp3) is 0.143. The smallest absolute Gasteiger partial charge is 0.326 e. The lowest BCUT2D eigenvalue weighted by Gasteiger charge is -1.97. The Hall–Kier alpha value is -1.73. The summed E-state index contributed by atoms with van der Waals surface area (Å²) in [4.78, 5) is 19.3. The number of nitrogens with two attached hydrogens (primary N) is 1. The van der Waals surface area contributed by atoms with Crippen LogP contribution in [-0.4, -0.2) is 9.85 Å². The fourth-order valence-electron chi connectivity index (χ4n) is 0.997. The second kappa shape index (κ2) is 5.23. The lowest BCUT2D eigenvalue weighted by molar-refractivity contribution is -0.422. The van der Waals surface area contributed by atoms with Gasteiger partial charge in [0.2, 0.25) is 0 Å². The highest BCUT2D eigenvalue weighted by Crippen LogP contribution is 2.27. The molecule has 0 unspecified atom stereocenters. The van der Waals surface area contributed by atoms with E-state index < -0.39 is 21.2 Å². The highest BCUT2D eigenvalue weighted by Gasteiger charge is 2.23. The Kier molecular flexibility index (Phi) is 4.62. The third-order valence-electron chi connectivity index (χ3n) is 1.67. The van der Waals surface area contributed by atoms with Crippen molar-refractivity contribution in [1.82, 2.24) is 0 Å². The summed E-state index contributed by atoms with van der Waals surface area (Å²) in [6, 6.07) is 3.59. The Morgan fingerprint density at radius 2 is 1.67 bits per heavy atom. The standard InChI is InChI=1S/C7H7N3O4.ClH/c8-4-5-1-2-6(9(11)12)7(3-5)10(13)14;/h1-3H,4,8H2;1H. The summed E-state index contributed by atoms with van der Waals surface area (Å²) in [7, 11) is 0. The maximum atomic E-state index is 10.5. The molecule has 1 rings (SSSR count). The normalized spacial score (nSPS) is 9.13. The number of nitro benzene ring substituents is 2. The molecule has 15 heavy (non-hydrogen) atoms. The molecule has 0 spiro atoms. The Morgan fingerprint density at radius 3 is 2.07 bits per heavy atom. The van der Waals surface area contributed by atoms with Gasteiger partial charge in [0.1, 0.15) is 0 Å². The molecule has 0 radical (unpaired) electrons. The Labute approximate surface area is 90.6 Å². The molecule has 0 fully saturated rings. The number of halogens is 1. The minimum absolute atomic E-state index is 0. The molecule has 0 heterocycles. The highest BCUT2D eigenvalue weighted by atomic mass is 35.5. The van der Waals surface area contributed by atoms with Crippen molar-refractivity contribution in [2.45, 2.75) is 6.54 Å². The predicted octanol–water partition coefficient (Wildman–Crippen LogP) is 1.38. The van der Waals surface area contributed by atoms with E-state index in [1.165, 1.54) is 6.07 Å². The van der Waals surface area contributed by atoms with Gasteiger partial charge in [-0.05, 0) is 5.56 Å². The molecule has 82 valence electrons. The Balaban J connectivity index is 0.00000196. The zero-order chi connectivity index (χ0) is 10.7. The zero-order valence-corrected chi connectivity index (χ0v) is 8.27. The van der Waals surface area contributed by atoms with Gasteiger partial charge in [-0.25, -0.2) is 0 Å². The first-order chi connectivity index (χ1) is 6.56. The minimum Gasteiger partial charge on any atom is -0.326 e. The van der Waals surface area contributed by atoms with Gasteiger partial charge in [-0.3, -0.25) is 20.2 Å². The van der Waals surface area contributed by atoms with Crippen LogP contribution in [0.1, 0.15) is 5.56 Å². The highest BCUT2D eigenvalue weighted by molar-refractivity contribution is 5.85. The molecule has 0 atom stereocenters. The van der Waals surface area contributed by atoms with Gasteiger partial charge in [0.25, 0.3) is 0 Å². The van der Waals surface area contributed by atoms with Gasteiger partial charge in [-0.1, -0.05) is 6.07 Å². The first-order valence-corrected chi connectivity index (χ1v) is 3.68. The van der Waals surface area contributed by atoms with Crippen molar-refractivity contribution in [1.29, 1.82) is 0 Å². The summed E-state index contributed by atoms with van der Waals surface area (Å²) in [5.74, 6) is 0. The maximum absolute atomic E-state index is 10.5. The van der Waals surface area contributed by atoms with Crippen LogP contribution in [0.4, 0.5) is 11.4 Å². The third kappa shape index (κ3) is 2.86. The van der Waals surface area contributed by atoms with Crippen LogP contribution in [0.2, 0.25) is 0 Å². The van der Waals surface area contributed by atoms with Crippen molar-refractivity contribution < 1.29 is 9.85 Å². The Morgan fingerprint density at radius 1 is 1.13 bits per heavy atom. The van der Waals surface area contributed by atoms with Gasteiger partial charge in [0.05, 0.1) is 9.85 Å². The molecule has 0 bridgehead atoms. The number of nitro groups is 2. The van der Waals surface area contributed by atoms with E-state index in [0.717, 1.165) is 12.1 Å². The average Bonchev–Trinajstić information content (AvgIpc) is 2.16. The van der Waals surface area contributed by atoms with Gasteiger partial charge >= 0.3 is 11.4 Å². The summed E-state index contributed by atoms with van der Waals surface area (Å²) in [6.07, 6.45) is 0. The van der Waals surface area contributed by atoms with E-state index in [9.17, 15) is 20.2 Å². The maximum Gasteiger partial charge on any atom is 0.346 e. The van der Waals surface area contributed by atoms with E-state index in [1.54, 1.807) is 0 Å². The molecular formula is C7H8ClN3O4. The largest absolute Gasteiger partial charge is 0.346 e. The second-order valence-electron chi connectivity index (χ2n) is 2.54. The number of nitrogens with zero attached hydrogens (tertiary/aromatic N) is 2. The van der Waals surface area contributed by atoms with Crippen LogP contribution in [0.25, 0.3) is 0 Å². The van der Waals surface area contributed by atoms with Gasteiger partial charge in [0.15, 0.2) is 0 Å². The first kappa shape index (κ1) is 13.3. The lowest BCUT2D eigenvalue weighted by atomic mass is 10.2. The molecule has 0 aliphatic carbocycles. The van der Waals surface area contributed by atoms with E-state index in [4.69, 9.17) is 5.73 Å². The molecule has 0 saturated carbocycles. The molecule has 0 amide bonds. The minimum atomic E-state index is -0.794. The van der Waals surface area contributed by atoms with Crippen LogP contribution < -0.4 is 5.73 Å². The van der Waals surface area contributed by atoms with Gasteiger partial charge in [-0.2, -0.15) is 0 Å². The van der Waals surface area contributed by atoms with Crippen molar-refractivity contribution in [2.75, 3.05) is 0 Å². The molecule has 0 saturated heterocycles. The van der Waals surface area contributed by atoms with Gasteiger partial charge < -0.3 is 5.73 Å². The van der Waals surface area contributed by atoms with Crippen LogP contribution in [0.15, 0.2) is 18.2 Å². The molecule has 0 aliphatic heterocycles. The van der Waals surface area contributed by atoms with Crippen molar-refractivity contribution in [3.05, 3.63) is 44.0 Å². The molecule has 7 nitrogen and oxygen atoms in total. The van der Waals surface area contributed by atoms with Crippen LogP contribution in [0.5, 0.6) is 0 Å². The van der Waals surface area contributed by atoms with E-state index in [0.29, 0.717) is 5.56 Å². The number of benzene rings is 1. The summed E-state index contributed by atoms with van der Waals surface area (Å²) < 4.78 is 0. The van der Waals surface area contributed by atoms with Crippen molar-refractivity contribution in [3.8, 4) is 0 Å². The number of hydrogen-bond acceptors (Lipinski definition) is 5. The van der Waals surface area contributed by atoms with Crippen LogP contribution in [0, 0.1) is 20.2 Å². The quantitative estimate of drug-likeness (QED) is 0.626. The molecule has 1 aromatic rings. The van der Waals surface area contributed by atoms with Crippen LogP contribution in [-0.2, 0) is 6.54 Å². The molecule has 8 heteroatoms. The fourth-order valence-corrected chi connectivity index (χ4v) is 0.997. The van der Waals surface area contributed by atoms with Gasteiger partial charge in [0, 0.05) is 18.7 Å². The van der Waals surface area contributed by atoms with Crippen molar-refractivity contribution >= 4 is 23.8 Å². The summed E-state index contributed by atoms with van der Waals surface area (Å²) in [5, 5.41) is 20.9. The van der Waals surface area contributed by atoms with E-state index in [2.05, 4.69) is 0 Å². The van der Waals surface area contributed by atoms with Crippen LogP contribution >= 0.6 is 12.4 Å². The van der Waals surface area contributed by atoms with Crippen molar-refractivity contribution in [3.63, 3.8) is 0 Å². The van der Waals surface area contributed by atoms with E-state index in [1.807, 2.05) is 0 Å². The lowest BCUT2D eigenvalue weighted by Crippen LogP contribution is -2.00. The monoisotopic (exact) mass is 233 g/mol. The average molecular weight is 234 g/mol. The molecule has 0 aliphatic rings.